The molecular weight excluding hydrogens is 364 g/mol. The molecule has 1 aliphatic rings. The molecule has 1 unspecified atom stereocenters. The highest BCUT2D eigenvalue weighted by Gasteiger charge is 2.23. The lowest BCUT2D eigenvalue weighted by Gasteiger charge is -2.30. The number of anilines is 1. The van der Waals surface area contributed by atoms with Crippen LogP contribution in [0.1, 0.15) is 60.7 Å². The molecule has 1 fully saturated rings. The van der Waals surface area contributed by atoms with E-state index in [-0.39, 0.29) is 17.9 Å². The SMILES string of the molecule is CCC(C)Oc1cccc(C(=O)Nc2ccccc2C(=O)N2CCC(C)CC2)c1. The van der Waals surface area contributed by atoms with Gasteiger partial charge in [-0.3, -0.25) is 9.59 Å². The smallest absolute Gasteiger partial charge is 0.255 e. The molecule has 1 heterocycles. The van der Waals surface area contributed by atoms with Crippen LogP contribution < -0.4 is 10.1 Å². The summed E-state index contributed by atoms with van der Waals surface area (Å²) >= 11 is 0. The number of hydrogen-bond acceptors (Lipinski definition) is 3. The third-order valence-corrected chi connectivity index (χ3v) is 5.48. The first-order valence-corrected chi connectivity index (χ1v) is 10.4. The van der Waals surface area contributed by atoms with Crippen molar-refractivity contribution in [3.8, 4) is 5.75 Å². The predicted molar refractivity (Wildman–Crippen MR) is 116 cm³/mol. The second kappa shape index (κ2) is 9.59. The number of nitrogens with one attached hydrogen (secondary N) is 1. The van der Waals surface area contributed by atoms with Crippen molar-refractivity contribution in [2.45, 2.75) is 46.1 Å². The zero-order valence-corrected chi connectivity index (χ0v) is 17.5. The van der Waals surface area contributed by atoms with Gasteiger partial charge in [0.05, 0.1) is 17.4 Å². The molecule has 154 valence electrons. The van der Waals surface area contributed by atoms with Gasteiger partial charge in [-0.25, -0.2) is 0 Å². The van der Waals surface area contributed by atoms with E-state index < -0.39 is 0 Å². The molecule has 0 bridgehead atoms. The molecule has 0 radical (unpaired) electrons. The number of piperidine rings is 1. The monoisotopic (exact) mass is 394 g/mol. The van der Waals surface area contributed by atoms with E-state index in [2.05, 4.69) is 19.2 Å². The van der Waals surface area contributed by atoms with E-state index >= 15 is 0 Å². The minimum absolute atomic E-state index is 0.0262. The molecule has 5 heteroatoms. The number of carbonyl (C=O) groups excluding carboxylic acids is 2. The summed E-state index contributed by atoms with van der Waals surface area (Å²) in [4.78, 5) is 27.7. The minimum Gasteiger partial charge on any atom is -0.491 e. The topological polar surface area (TPSA) is 58.6 Å². The highest BCUT2D eigenvalue weighted by atomic mass is 16.5. The van der Waals surface area contributed by atoms with E-state index in [9.17, 15) is 9.59 Å². The number of nitrogens with zero attached hydrogens (tertiary/aromatic N) is 1. The maximum atomic E-state index is 13.0. The summed E-state index contributed by atoms with van der Waals surface area (Å²) < 4.78 is 5.81. The van der Waals surface area contributed by atoms with Crippen LogP contribution in [-0.4, -0.2) is 35.9 Å². The lowest BCUT2D eigenvalue weighted by molar-refractivity contribution is 0.0698. The van der Waals surface area contributed by atoms with Crippen molar-refractivity contribution in [1.29, 1.82) is 0 Å². The number of likely N-dealkylation sites (tertiary alicyclic amines) is 1. The lowest BCUT2D eigenvalue weighted by atomic mass is 9.98. The van der Waals surface area contributed by atoms with Gasteiger partial charge < -0.3 is 15.0 Å². The van der Waals surface area contributed by atoms with Gasteiger partial charge >= 0.3 is 0 Å². The summed E-state index contributed by atoms with van der Waals surface area (Å²) in [6, 6.07) is 14.3. The van der Waals surface area contributed by atoms with E-state index in [1.165, 1.54) is 0 Å². The summed E-state index contributed by atoms with van der Waals surface area (Å²) in [6.45, 7) is 7.79. The van der Waals surface area contributed by atoms with Crippen molar-refractivity contribution in [2.24, 2.45) is 5.92 Å². The molecule has 2 aromatic rings. The molecule has 0 aliphatic carbocycles. The number of ether oxygens (including phenoxy) is 1. The van der Waals surface area contributed by atoms with Crippen molar-refractivity contribution in [3.05, 3.63) is 59.7 Å². The number of benzene rings is 2. The van der Waals surface area contributed by atoms with Crippen molar-refractivity contribution in [3.63, 3.8) is 0 Å². The van der Waals surface area contributed by atoms with Crippen molar-refractivity contribution in [1.82, 2.24) is 4.90 Å². The Labute approximate surface area is 173 Å². The summed E-state index contributed by atoms with van der Waals surface area (Å²) in [6.07, 6.45) is 3.01. The minimum atomic E-state index is -0.257. The molecule has 3 rings (SSSR count). The second-order valence-corrected chi connectivity index (χ2v) is 7.84. The molecule has 2 amide bonds. The van der Waals surface area contributed by atoms with Crippen LogP contribution in [0.3, 0.4) is 0 Å². The largest absolute Gasteiger partial charge is 0.491 e. The maximum Gasteiger partial charge on any atom is 0.255 e. The molecule has 29 heavy (non-hydrogen) atoms. The molecule has 0 saturated carbocycles. The highest BCUT2D eigenvalue weighted by molar-refractivity contribution is 6.09. The number of rotatable bonds is 6. The van der Waals surface area contributed by atoms with Gasteiger partial charge in [-0.2, -0.15) is 0 Å². The molecule has 0 spiro atoms. The van der Waals surface area contributed by atoms with Crippen molar-refractivity contribution >= 4 is 17.5 Å². The average molecular weight is 395 g/mol. The fourth-order valence-electron chi connectivity index (χ4n) is 3.38. The Morgan fingerprint density at radius 1 is 1.14 bits per heavy atom. The molecule has 2 aromatic carbocycles. The zero-order valence-electron chi connectivity index (χ0n) is 17.5. The Bertz CT molecular complexity index is 857. The molecule has 5 nitrogen and oxygen atoms in total. The van der Waals surface area contributed by atoms with E-state index in [0.717, 1.165) is 32.4 Å². The second-order valence-electron chi connectivity index (χ2n) is 7.84. The Morgan fingerprint density at radius 2 is 1.86 bits per heavy atom. The van der Waals surface area contributed by atoms with Gasteiger partial charge in [0.2, 0.25) is 0 Å². The first-order chi connectivity index (χ1) is 14.0. The van der Waals surface area contributed by atoms with Crippen molar-refractivity contribution in [2.75, 3.05) is 18.4 Å². The van der Waals surface area contributed by atoms with Gasteiger partial charge in [-0.15, -0.1) is 0 Å². The predicted octanol–water partition coefficient (Wildman–Crippen LogP) is 4.99. The van der Waals surface area contributed by atoms with Crippen LogP contribution in [0.15, 0.2) is 48.5 Å². The third kappa shape index (κ3) is 5.37. The Kier molecular flexibility index (Phi) is 6.91. The van der Waals surface area contributed by atoms with Gasteiger partial charge in [0.15, 0.2) is 0 Å². The quantitative estimate of drug-likeness (QED) is 0.751. The van der Waals surface area contributed by atoms with Crippen LogP contribution in [0.4, 0.5) is 5.69 Å². The van der Waals surface area contributed by atoms with Gasteiger partial charge in [0, 0.05) is 18.7 Å². The van der Waals surface area contributed by atoms with E-state index in [0.29, 0.717) is 28.5 Å². The first kappa shape index (κ1) is 20.9. The summed E-state index contributed by atoms with van der Waals surface area (Å²) in [5.74, 6) is 1.03. The molecular formula is C24H30N2O3. The van der Waals surface area contributed by atoms with Gasteiger partial charge in [0.25, 0.3) is 11.8 Å². The number of hydrogen-bond donors (Lipinski definition) is 1. The molecule has 1 atom stereocenters. The van der Waals surface area contributed by atoms with Gasteiger partial charge in [-0.05, 0) is 62.4 Å². The van der Waals surface area contributed by atoms with Crippen LogP contribution >= 0.6 is 0 Å². The van der Waals surface area contributed by atoms with E-state index in [1.807, 2.05) is 30.0 Å². The summed E-state index contributed by atoms with van der Waals surface area (Å²) in [5, 5.41) is 2.91. The Morgan fingerprint density at radius 3 is 2.59 bits per heavy atom. The fourth-order valence-corrected chi connectivity index (χ4v) is 3.38. The van der Waals surface area contributed by atoms with E-state index in [1.54, 1.807) is 30.3 Å². The van der Waals surface area contributed by atoms with Crippen LogP contribution in [0, 0.1) is 5.92 Å². The number of para-hydroxylation sites is 1. The lowest BCUT2D eigenvalue weighted by Crippen LogP contribution is -2.38. The maximum absolute atomic E-state index is 13.0. The first-order valence-electron chi connectivity index (χ1n) is 10.4. The Hall–Kier alpha value is -2.82. The Balaban J connectivity index is 1.74. The van der Waals surface area contributed by atoms with Crippen molar-refractivity contribution < 1.29 is 14.3 Å². The molecule has 1 aliphatic heterocycles. The van der Waals surface area contributed by atoms with Crippen LogP contribution in [0.25, 0.3) is 0 Å². The van der Waals surface area contributed by atoms with E-state index in [4.69, 9.17) is 4.74 Å². The number of amides is 2. The number of carbonyl (C=O) groups is 2. The standard InChI is InChI=1S/C24H30N2O3/c1-4-18(3)29-20-9-7-8-19(16-20)23(27)25-22-11-6-5-10-21(22)24(28)26-14-12-17(2)13-15-26/h5-11,16-18H,4,12-15H2,1-3H3,(H,25,27). The summed E-state index contributed by atoms with van der Waals surface area (Å²) in [5.41, 5.74) is 1.57. The summed E-state index contributed by atoms with van der Waals surface area (Å²) in [7, 11) is 0. The van der Waals surface area contributed by atoms with Gasteiger partial charge in [0.1, 0.15) is 5.75 Å². The molecule has 1 saturated heterocycles. The van der Waals surface area contributed by atoms with Gasteiger partial charge in [-0.1, -0.05) is 32.0 Å². The fraction of sp³-hybridized carbons (Fsp3) is 0.417. The highest BCUT2D eigenvalue weighted by Crippen LogP contribution is 2.23. The van der Waals surface area contributed by atoms with Crippen LogP contribution in [0.5, 0.6) is 5.75 Å². The molecule has 1 N–H and O–H groups in total. The zero-order chi connectivity index (χ0) is 20.8. The third-order valence-electron chi connectivity index (χ3n) is 5.48. The molecule has 0 aromatic heterocycles. The van der Waals surface area contributed by atoms with Crippen LogP contribution in [0.2, 0.25) is 0 Å². The van der Waals surface area contributed by atoms with Crippen LogP contribution in [-0.2, 0) is 0 Å². The average Bonchev–Trinajstić information content (AvgIpc) is 2.74. The normalized spacial score (nSPS) is 15.6.